The molecule has 0 radical (unpaired) electrons. The van der Waals surface area contributed by atoms with E-state index in [0.29, 0.717) is 16.9 Å². The summed E-state index contributed by atoms with van der Waals surface area (Å²) in [6.45, 7) is 9.77. The van der Waals surface area contributed by atoms with E-state index in [2.05, 4.69) is 38.3 Å². The Kier molecular flexibility index (Phi) is 2.75. The van der Waals surface area contributed by atoms with Gasteiger partial charge in [-0.15, -0.1) is 0 Å². The topological polar surface area (TPSA) is 69.7 Å². The average Bonchev–Trinajstić information content (AvgIpc) is 3.02. The van der Waals surface area contributed by atoms with Gasteiger partial charge in [0.2, 0.25) is 0 Å². The van der Waals surface area contributed by atoms with Gasteiger partial charge in [0.25, 0.3) is 0 Å². The minimum atomic E-state index is 0.688. The zero-order valence-corrected chi connectivity index (χ0v) is 11.5. The van der Waals surface area contributed by atoms with E-state index < -0.39 is 0 Å². The Morgan fingerprint density at radius 3 is 2.75 bits per heavy atom. The minimum Gasteiger partial charge on any atom is -0.337 e. The molecule has 0 aliphatic rings. The molecule has 0 atom stereocenters. The standard InChI is InChI=1S/C15H15N5/c1-8-9(2)19-20-13(8)15-17-12-7-5-6-11(10(3)16-4)14(12)18-15/h5-7,19H,1-2H2,3-4H3,(H,17,18). The maximum Gasteiger partial charge on any atom is 0.159 e. The molecule has 2 aromatic heterocycles. The van der Waals surface area contributed by atoms with Crippen LogP contribution in [0, 0.1) is 0 Å². The van der Waals surface area contributed by atoms with Crippen LogP contribution in [0.5, 0.6) is 0 Å². The lowest BCUT2D eigenvalue weighted by Crippen LogP contribution is -2.19. The Morgan fingerprint density at radius 1 is 1.30 bits per heavy atom. The van der Waals surface area contributed by atoms with E-state index in [4.69, 9.17) is 0 Å². The lowest BCUT2D eigenvalue weighted by molar-refractivity contribution is 1.06. The molecule has 0 bridgehead atoms. The van der Waals surface area contributed by atoms with Gasteiger partial charge in [-0.1, -0.05) is 25.3 Å². The molecular formula is C15H15N5. The van der Waals surface area contributed by atoms with Crippen LogP contribution in [-0.4, -0.2) is 32.9 Å². The fraction of sp³-hybridized carbons (Fsp3) is 0.133. The Balaban J connectivity index is 2.29. The van der Waals surface area contributed by atoms with E-state index in [-0.39, 0.29) is 0 Å². The average molecular weight is 265 g/mol. The number of nitrogens with zero attached hydrogens (tertiary/aromatic N) is 3. The van der Waals surface area contributed by atoms with Gasteiger partial charge in [0, 0.05) is 23.5 Å². The number of aromatic nitrogens is 4. The molecule has 3 rings (SSSR count). The van der Waals surface area contributed by atoms with Gasteiger partial charge in [-0.3, -0.25) is 10.1 Å². The molecular weight excluding hydrogens is 250 g/mol. The number of H-pyrrole nitrogens is 2. The Labute approximate surface area is 115 Å². The molecule has 5 heteroatoms. The van der Waals surface area contributed by atoms with Gasteiger partial charge in [-0.2, -0.15) is 5.10 Å². The lowest BCUT2D eigenvalue weighted by Gasteiger charge is -1.99. The second-order valence-corrected chi connectivity index (χ2v) is 4.63. The summed E-state index contributed by atoms with van der Waals surface area (Å²) in [7, 11) is 1.78. The first-order valence-corrected chi connectivity index (χ1v) is 6.27. The molecule has 0 unspecified atom stereocenters. The molecule has 0 aliphatic heterocycles. The van der Waals surface area contributed by atoms with E-state index in [0.717, 1.165) is 27.5 Å². The van der Waals surface area contributed by atoms with Crippen LogP contribution in [0.4, 0.5) is 0 Å². The summed E-state index contributed by atoms with van der Waals surface area (Å²) >= 11 is 0. The molecule has 0 fully saturated rings. The Morgan fingerprint density at radius 2 is 2.10 bits per heavy atom. The second-order valence-electron chi connectivity index (χ2n) is 4.63. The largest absolute Gasteiger partial charge is 0.337 e. The number of rotatable bonds is 2. The van der Waals surface area contributed by atoms with Crippen LogP contribution in [0.1, 0.15) is 12.5 Å². The van der Waals surface area contributed by atoms with Gasteiger partial charge < -0.3 is 4.98 Å². The molecule has 3 aromatic rings. The number of fused-ring (bicyclic) bond motifs is 1. The number of hydrogen-bond acceptors (Lipinski definition) is 3. The Bertz CT molecular complexity index is 914. The molecule has 100 valence electrons. The minimum absolute atomic E-state index is 0.688. The van der Waals surface area contributed by atoms with Crippen LogP contribution in [0.3, 0.4) is 0 Å². The molecule has 2 heterocycles. The SMILES string of the molecule is C=c1[nH]nc(-c2nc3c(C(C)=NC)cccc3[nH]2)c1=C. The highest BCUT2D eigenvalue weighted by Crippen LogP contribution is 2.20. The maximum absolute atomic E-state index is 4.64. The summed E-state index contributed by atoms with van der Waals surface area (Å²) in [5.74, 6) is 0.688. The third-order valence-electron chi connectivity index (χ3n) is 3.41. The molecule has 1 aromatic carbocycles. The van der Waals surface area contributed by atoms with Gasteiger partial charge in [-0.05, 0) is 13.0 Å². The molecule has 2 N–H and O–H groups in total. The number of aliphatic imine (C=N–C) groups is 1. The van der Waals surface area contributed by atoms with Crippen LogP contribution < -0.4 is 10.6 Å². The molecule has 0 amide bonds. The summed E-state index contributed by atoms with van der Waals surface area (Å²) in [6, 6.07) is 5.98. The van der Waals surface area contributed by atoms with Gasteiger partial charge in [0.15, 0.2) is 5.82 Å². The molecule has 0 saturated heterocycles. The highest BCUT2D eigenvalue weighted by molar-refractivity contribution is 6.08. The third-order valence-corrected chi connectivity index (χ3v) is 3.41. The molecule has 20 heavy (non-hydrogen) atoms. The highest BCUT2D eigenvalue weighted by Gasteiger charge is 2.12. The maximum atomic E-state index is 4.64. The summed E-state index contributed by atoms with van der Waals surface area (Å²) in [5, 5.41) is 8.48. The van der Waals surface area contributed by atoms with E-state index in [1.165, 1.54) is 0 Å². The number of imidazole rings is 1. The molecule has 0 saturated carbocycles. The summed E-state index contributed by atoms with van der Waals surface area (Å²) in [6.07, 6.45) is 0. The van der Waals surface area contributed by atoms with Crippen LogP contribution in [0.2, 0.25) is 0 Å². The van der Waals surface area contributed by atoms with Crippen LogP contribution in [0.25, 0.3) is 35.7 Å². The number of para-hydroxylation sites is 1. The van der Waals surface area contributed by atoms with Crippen molar-refractivity contribution in [2.45, 2.75) is 6.92 Å². The Hall–Kier alpha value is -2.69. The van der Waals surface area contributed by atoms with E-state index in [1.54, 1.807) is 7.05 Å². The van der Waals surface area contributed by atoms with E-state index in [1.807, 2.05) is 25.1 Å². The van der Waals surface area contributed by atoms with Crippen molar-refractivity contribution in [3.8, 4) is 11.5 Å². The second kappa shape index (κ2) is 4.45. The summed E-state index contributed by atoms with van der Waals surface area (Å²) in [4.78, 5) is 12.1. The van der Waals surface area contributed by atoms with E-state index >= 15 is 0 Å². The summed E-state index contributed by atoms with van der Waals surface area (Å²) in [5.41, 5.74) is 4.50. The number of hydrogen-bond donors (Lipinski definition) is 2. The molecule has 0 spiro atoms. The van der Waals surface area contributed by atoms with Crippen molar-refractivity contribution in [2.75, 3.05) is 7.05 Å². The number of benzene rings is 1. The summed E-state index contributed by atoms with van der Waals surface area (Å²) < 4.78 is 0. The van der Waals surface area contributed by atoms with Crippen molar-refractivity contribution in [3.05, 3.63) is 34.3 Å². The normalized spacial score (nSPS) is 12.2. The van der Waals surface area contributed by atoms with Crippen molar-refractivity contribution in [2.24, 2.45) is 4.99 Å². The zero-order chi connectivity index (χ0) is 14.3. The first-order valence-electron chi connectivity index (χ1n) is 6.27. The van der Waals surface area contributed by atoms with Crippen molar-refractivity contribution < 1.29 is 0 Å². The highest BCUT2D eigenvalue weighted by atomic mass is 15.1. The van der Waals surface area contributed by atoms with Gasteiger partial charge >= 0.3 is 0 Å². The smallest absolute Gasteiger partial charge is 0.159 e. The first-order chi connectivity index (χ1) is 9.61. The van der Waals surface area contributed by atoms with Crippen molar-refractivity contribution in [1.82, 2.24) is 20.2 Å². The fourth-order valence-electron chi connectivity index (χ4n) is 2.15. The predicted molar refractivity (Wildman–Crippen MR) is 82.1 cm³/mol. The predicted octanol–water partition coefficient (Wildman–Crippen LogP) is 1.21. The molecule has 0 aliphatic carbocycles. The quantitative estimate of drug-likeness (QED) is 0.684. The zero-order valence-electron chi connectivity index (χ0n) is 11.5. The van der Waals surface area contributed by atoms with Gasteiger partial charge in [0.05, 0.1) is 16.4 Å². The monoisotopic (exact) mass is 265 g/mol. The third kappa shape index (κ3) is 1.75. The van der Waals surface area contributed by atoms with Gasteiger partial charge in [0.1, 0.15) is 5.69 Å². The van der Waals surface area contributed by atoms with Crippen LogP contribution in [0.15, 0.2) is 23.2 Å². The lowest BCUT2D eigenvalue weighted by atomic mass is 10.1. The first kappa shape index (κ1) is 12.3. The van der Waals surface area contributed by atoms with Crippen molar-refractivity contribution in [1.29, 1.82) is 0 Å². The molecule has 5 nitrogen and oxygen atoms in total. The fourth-order valence-corrected chi connectivity index (χ4v) is 2.15. The van der Waals surface area contributed by atoms with E-state index in [9.17, 15) is 0 Å². The number of aromatic amines is 2. The van der Waals surface area contributed by atoms with Crippen molar-refractivity contribution >= 4 is 29.9 Å². The van der Waals surface area contributed by atoms with Crippen molar-refractivity contribution in [3.63, 3.8) is 0 Å². The number of nitrogens with one attached hydrogen (secondary N) is 2. The van der Waals surface area contributed by atoms with Gasteiger partial charge in [-0.25, -0.2) is 4.98 Å². The van der Waals surface area contributed by atoms with Crippen LogP contribution >= 0.6 is 0 Å². The van der Waals surface area contributed by atoms with Crippen LogP contribution in [-0.2, 0) is 0 Å².